The maximum atomic E-state index is 12.9. The van der Waals surface area contributed by atoms with Crippen LogP contribution in [-0.4, -0.2) is 20.6 Å². The molecule has 1 heterocycles. The number of hydrogen-bond acceptors (Lipinski definition) is 4. The molecule has 0 bridgehead atoms. The molecular weight excluding hydrogens is 297 g/mol. The zero-order chi connectivity index (χ0) is 15.8. The molecule has 0 spiro atoms. The van der Waals surface area contributed by atoms with Crippen LogP contribution in [-0.2, 0) is 16.6 Å². The van der Waals surface area contributed by atoms with E-state index in [1.165, 1.54) is 38.2 Å². The number of furan rings is 1. The SMILES string of the molecule is Cc1oc(C)c(S(=O)(=O)N(C)c2ccc(F)cc2)c1CO. The molecule has 0 aliphatic heterocycles. The molecule has 7 heteroatoms. The average molecular weight is 313 g/mol. The Balaban J connectivity index is 2.54. The summed E-state index contributed by atoms with van der Waals surface area (Å²) in [4.78, 5) is -0.0469. The second kappa shape index (κ2) is 5.50. The fraction of sp³-hybridized carbons (Fsp3) is 0.286. The molecular formula is C14H16FNO4S. The molecule has 0 aliphatic carbocycles. The number of benzene rings is 1. The number of hydrogen-bond donors (Lipinski definition) is 1. The minimum atomic E-state index is -3.90. The van der Waals surface area contributed by atoms with Gasteiger partial charge in [-0.25, -0.2) is 12.8 Å². The van der Waals surface area contributed by atoms with Gasteiger partial charge in [-0.15, -0.1) is 0 Å². The third-order valence-corrected chi connectivity index (χ3v) is 5.27. The van der Waals surface area contributed by atoms with E-state index in [2.05, 4.69) is 0 Å². The average Bonchev–Trinajstić information content (AvgIpc) is 2.73. The Bertz CT molecular complexity index is 750. The number of aliphatic hydroxyl groups excluding tert-OH is 1. The lowest BCUT2D eigenvalue weighted by molar-refractivity contribution is 0.276. The molecule has 1 aromatic heterocycles. The Labute approximate surface area is 122 Å². The van der Waals surface area contributed by atoms with Gasteiger partial charge in [-0.3, -0.25) is 4.31 Å². The van der Waals surface area contributed by atoms with Crippen LogP contribution in [0.5, 0.6) is 0 Å². The van der Waals surface area contributed by atoms with Crippen LogP contribution in [0, 0.1) is 19.7 Å². The zero-order valence-electron chi connectivity index (χ0n) is 11.9. The second-order valence-corrected chi connectivity index (χ2v) is 6.54. The van der Waals surface area contributed by atoms with Crippen molar-refractivity contribution in [3.63, 3.8) is 0 Å². The van der Waals surface area contributed by atoms with E-state index >= 15 is 0 Å². The summed E-state index contributed by atoms with van der Waals surface area (Å²) in [6.45, 7) is 2.68. The predicted molar refractivity (Wildman–Crippen MR) is 76.1 cm³/mol. The summed E-state index contributed by atoms with van der Waals surface area (Å²) < 4.78 is 44.7. The third-order valence-electron chi connectivity index (χ3n) is 3.29. The van der Waals surface area contributed by atoms with Crippen molar-refractivity contribution in [1.29, 1.82) is 0 Å². The number of anilines is 1. The Morgan fingerprint density at radius 3 is 2.29 bits per heavy atom. The number of nitrogens with zero attached hydrogens (tertiary/aromatic N) is 1. The van der Waals surface area contributed by atoms with Crippen molar-refractivity contribution in [3.05, 3.63) is 47.2 Å². The van der Waals surface area contributed by atoms with Crippen LogP contribution in [0.1, 0.15) is 17.1 Å². The highest BCUT2D eigenvalue weighted by Gasteiger charge is 2.30. The normalized spacial score (nSPS) is 11.7. The Hall–Kier alpha value is -1.86. The highest BCUT2D eigenvalue weighted by Crippen LogP contribution is 2.31. The molecule has 21 heavy (non-hydrogen) atoms. The molecule has 0 atom stereocenters. The van der Waals surface area contributed by atoms with E-state index in [-0.39, 0.29) is 16.2 Å². The van der Waals surface area contributed by atoms with Crippen molar-refractivity contribution >= 4 is 15.7 Å². The number of aryl methyl sites for hydroxylation is 2. The van der Waals surface area contributed by atoms with E-state index in [0.717, 1.165) is 4.31 Å². The Kier molecular flexibility index (Phi) is 4.06. The minimum absolute atomic E-state index is 0.0469. The Morgan fingerprint density at radius 1 is 1.19 bits per heavy atom. The van der Waals surface area contributed by atoms with E-state index in [9.17, 15) is 17.9 Å². The number of rotatable bonds is 4. The fourth-order valence-electron chi connectivity index (χ4n) is 2.16. The van der Waals surface area contributed by atoms with Gasteiger partial charge in [-0.1, -0.05) is 0 Å². The first kappa shape index (κ1) is 15.5. The van der Waals surface area contributed by atoms with Crippen LogP contribution < -0.4 is 4.31 Å². The summed E-state index contributed by atoms with van der Waals surface area (Å²) in [5.41, 5.74) is 0.556. The van der Waals surface area contributed by atoms with Gasteiger partial charge in [0.2, 0.25) is 0 Å². The fourth-order valence-corrected chi connectivity index (χ4v) is 3.75. The molecule has 2 rings (SSSR count). The van der Waals surface area contributed by atoms with Crippen molar-refractivity contribution in [2.45, 2.75) is 25.3 Å². The van der Waals surface area contributed by atoms with Gasteiger partial charge in [-0.2, -0.15) is 0 Å². The van der Waals surface area contributed by atoms with E-state index < -0.39 is 22.4 Å². The van der Waals surface area contributed by atoms with Crippen molar-refractivity contribution < 1.29 is 22.3 Å². The topological polar surface area (TPSA) is 70.8 Å². The predicted octanol–water partition coefficient (Wildman–Crippen LogP) is 2.35. The molecule has 5 nitrogen and oxygen atoms in total. The third kappa shape index (κ3) is 2.66. The Morgan fingerprint density at radius 2 is 1.76 bits per heavy atom. The molecule has 1 N–H and O–H groups in total. The summed E-state index contributed by atoms with van der Waals surface area (Å²) in [6, 6.07) is 5.10. The quantitative estimate of drug-likeness (QED) is 0.940. The van der Waals surface area contributed by atoms with Crippen LogP contribution >= 0.6 is 0 Å². The largest absolute Gasteiger partial charge is 0.465 e. The molecule has 0 saturated heterocycles. The molecule has 0 saturated carbocycles. The molecule has 0 radical (unpaired) electrons. The van der Waals surface area contributed by atoms with Crippen LogP contribution in [0.25, 0.3) is 0 Å². The first-order chi connectivity index (χ1) is 9.78. The van der Waals surface area contributed by atoms with Crippen LogP contribution in [0.4, 0.5) is 10.1 Å². The molecule has 0 unspecified atom stereocenters. The monoisotopic (exact) mass is 313 g/mol. The van der Waals surface area contributed by atoms with Gasteiger partial charge < -0.3 is 9.52 Å². The molecule has 0 aliphatic rings. The zero-order valence-corrected chi connectivity index (χ0v) is 12.7. The van der Waals surface area contributed by atoms with Crippen LogP contribution in [0.3, 0.4) is 0 Å². The maximum Gasteiger partial charge on any atom is 0.267 e. The summed E-state index contributed by atoms with van der Waals surface area (Å²) in [5, 5.41) is 9.37. The summed E-state index contributed by atoms with van der Waals surface area (Å²) in [6.07, 6.45) is 0. The summed E-state index contributed by atoms with van der Waals surface area (Å²) in [5.74, 6) is 0.127. The lowest BCUT2D eigenvalue weighted by Gasteiger charge is -2.19. The first-order valence-corrected chi connectivity index (χ1v) is 7.67. The highest BCUT2D eigenvalue weighted by atomic mass is 32.2. The number of halogens is 1. The first-order valence-electron chi connectivity index (χ1n) is 6.23. The van der Waals surface area contributed by atoms with E-state index in [4.69, 9.17) is 4.42 Å². The number of aliphatic hydroxyl groups is 1. The minimum Gasteiger partial charge on any atom is -0.465 e. The summed E-state index contributed by atoms with van der Waals surface area (Å²) in [7, 11) is -2.53. The lowest BCUT2D eigenvalue weighted by atomic mass is 10.2. The summed E-state index contributed by atoms with van der Waals surface area (Å²) >= 11 is 0. The van der Waals surface area contributed by atoms with Gasteiger partial charge in [0.1, 0.15) is 22.2 Å². The van der Waals surface area contributed by atoms with Gasteiger partial charge in [0.25, 0.3) is 10.0 Å². The van der Waals surface area contributed by atoms with Crippen molar-refractivity contribution in [2.24, 2.45) is 0 Å². The molecule has 114 valence electrons. The van der Waals surface area contributed by atoms with E-state index in [1.807, 2.05) is 0 Å². The number of sulfonamides is 1. The van der Waals surface area contributed by atoms with Crippen molar-refractivity contribution in [2.75, 3.05) is 11.4 Å². The molecule has 2 aromatic rings. The smallest absolute Gasteiger partial charge is 0.267 e. The van der Waals surface area contributed by atoms with Crippen LogP contribution in [0.15, 0.2) is 33.6 Å². The van der Waals surface area contributed by atoms with Crippen LogP contribution in [0.2, 0.25) is 0 Å². The van der Waals surface area contributed by atoms with E-state index in [0.29, 0.717) is 11.4 Å². The van der Waals surface area contributed by atoms with Crippen molar-refractivity contribution in [3.8, 4) is 0 Å². The van der Waals surface area contributed by atoms with Crippen molar-refractivity contribution in [1.82, 2.24) is 0 Å². The second-order valence-electron chi connectivity index (χ2n) is 4.63. The standard InChI is InChI=1S/C14H16FNO4S/c1-9-13(8-17)14(10(2)20-9)21(18,19)16(3)12-6-4-11(15)5-7-12/h4-7,17H,8H2,1-3H3. The maximum absolute atomic E-state index is 12.9. The highest BCUT2D eigenvalue weighted by molar-refractivity contribution is 7.92. The van der Waals surface area contributed by atoms with Gasteiger partial charge in [-0.05, 0) is 38.1 Å². The van der Waals surface area contributed by atoms with Gasteiger partial charge in [0.05, 0.1) is 12.3 Å². The van der Waals surface area contributed by atoms with Gasteiger partial charge >= 0.3 is 0 Å². The molecule has 0 fully saturated rings. The van der Waals surface area contributed by atoms with E-state index in [1.54, 1.807) is 6.92 Å². The molecule has 1 aromatic carbocycles. The van der Waals surface area contributed by atoms with Gasteiger partial charge in [0, 0.05) is 12.6 Å². The molecule has 0 amide bonds. The lowest BCUT2D eigenvalue weighted by Crippen LogP contribution is -2.27. The van der Waals surface area contributed by atoms with Gasteiger partial charge in [0.15, 0.2) is 0 Å².